The normalized spacial score (nSPS) is 18.8. The number of nitrogens with zero attached hydrogens (tertiary/aromatic N) is 1. The second-order valence-corrected chi connectivity index (χ2v) is 3.69. The van der Waals surface area contributed by atoms with E-state index in [2.05, 4.69) is 17.2 Å². The predicted molar refractivity (Wildman–Crippen MR) is 68.0 cm³/mol. The summed E-state index contributed by atoms with van der Waals surface area (Å²) >= 11 is 0. The van der Waals surface area contributed by atoms with Crippen molar-refractivity contribution in [3.8, 4) is 0 Å². The van der Waals surface area contributed by atoms with E-state index < -0.39 is 0 Å². The quantitative estimate of drug-likeness (QED) is 0.890. The minimum absolute atomic E-state index is 0. The summed E-state index contributed by atoms with van der Waals surface area (Å²) < 4.78 is 13.0. The Morgan fingerprint density at radius 1 is 1.50 bits per heavy atom. The minimum atomic E-state index is -0.231. The van der Waals surface area contributed by atoms with Gasteiger partial charge in [-0.2, -0.15) is 0 Å². The maximum atomic E-state index is 13.0. The van der Waals surface area contributed by atoms with E-state index in [0.29, 0.717) is 6.04 Å². The van der Waals surface area contributed by atoms with Gasteiger partial charge in [-0.25, -0.2) is 4.39 Å². The number of nitrogens with one attached hydrogen (secondary N) is 1. The van der Waals surface area contributed by atoms with Gasteiger partial charge < -0.3 is 5.32 Å². The van der Waals surface area contributed by atoms with E-state index in [-0.39, 0.29) is 30.6 Å². The highest BCUT2D eigenvalue weighted by molar-refractivity contribution is 5.85. The monoisotopic (exact) mass is 266 g/mol. The van der Waals surface area contributed by atoms with E-state index in [1.54, 1.807) is 6.07 Å². The average Bonchev–Trinajstić information content (AvgIpc) is 2.70. The van der Waals surface area contributed by atoms with Gasteiger partial charge in [0.2, 0.25) is 0 Å². The van der Waals surface area contributed by atoms with Crippen molar-refractivity contribution in [1.29, 1.82) is 0 Å². The van der Waals surface area contributed by atoms with Gasteiger partial charge in [0.15, 0.2) is 0 Å². The molecule has 1 N–H and O–H groups in total. The fourth-order valence-corrected chi connectivity index (χ4v) is 2.03. The van der Waals surface area contributed by atoms with E-state index >= 15 is 0 Å². The highest BCUT2D eigenvalue weighted by Gasteiger charge is 2.19. The van der Waals surface area contributed by atoms with Crippen LogP contribution in [-0.4, -0.2) is 11.5 Å². The Labute approximate surface area is 108 Å². The zero-order valence-electron chi connectivity index (χ0n) is 9.20. The third-order valence-corrected chi connectivity index (χ3v) is 2.74. The number of aromatic nitrogens is 1. The molecule has 0 aliphatic carbocycles. The van der Waals surface area contributed by atoms with Gasteiger partial charge in [-0.1, -0.05) is 6.92 Å². The van der Waals surface area contributed by atoms with Crippen LogP contribution in [0.5, 0.6) is 0 Å². The van der Waals surface area contributed by atoms with Gasteiger partial charge in [0.1, 0.15) is 5.82 Å². The third kappa shape index (κ3) is 3.30. The van der Waals surface area contributed by atoms with Crippen LogP contribution in [0.1, 0.15) is 37.1 Å². The molecule has 0 spiro atoms. The van der Waals surface area contributed by atoms with Crippen molar-refractivity contribution in [2.75, 3.05) is 6.54 Å². The lowest BCUT2D eigenvalue weighted by Gasteiger charge is -2.13. The van der Waals surface area contributed by atoms with Crippen molar-refractivity contribution in [3.05, 3.63) is 29.3 Å². The molecular weight excluding hydrogens is 250 g/mol. The van der Waals surface area contributed by atoms with Crippen LogP contribution >= 0.6 is 24.8 Å². The topological polar surface area (TPSA) is 24.9 Å². The summed E-state index contributed by atoms with van der Waals surface area (Å²) in [7, 11) is 0. The lowest BCUT2D eigenvalue weighted by molar-refractivity contribution is 0.591. The van der Waals surface area contributed by atoms with Gasteiger partial charge in [0.25, 0.3) is 0 Å². The Bertz CT molecular complexity index is 328. The molecule has 0 saturated carbocycles. The molecular formula is C11H17Cl2FN2. The van der Waals surface area contributed by atoms with Gasteiger partial charge in [0.05, 0.1) is 6.20 Å². The van der Waals surface area contributed by atoms with Gasteiger partial charge in [-0.3, -0.25) is 4.98 Å². The maximum Gasteiger partial charge on any atom is 0.141 e. The molecule has 1 aromatic heterocycles. The molecule has 0 aromatic carbocycles. The van der Waals surface area contributed by atoms with E-state index in [4.69, 9.17) is 0 Å². The van der Waals surface area contributed by atoms with Crippen molar-refractivity contribution in [3.63, 3.8) is 0 Å². The minimum Gasteiger partial charge on any atom is -0.310 e. The van der Waals surface area contributed by atoms with E-state index in [1.165, 1.54) is 12.6 Å². The molecule has 2 heterocycles. The number of aryl methyl sites for hydroxylation is 1. The maximum absolute atomic E-state index is 13.0. The Kier molecular flexibility index (Phi) is 6.88. The second-order valence-electron chi connectivity index (χ2n) is 3.69. The summed E-state index contributed by atoms with van der Waals surface area (Å²) in [6.45, 7) is 3.09. The molecule has 2 nitrogen and oxygen atoms in total. The highest BCUT2D eigenvalue weighted by atomic mass is 35.5. The molecule has 0 amide bonds. The first-order valence-electron chi connectivity index (χ1n) is 5.19. The van der Waals surface area contributed by atoms with Crippen LogP contribution in [0.15, 0.2) is 12.3 Å². The Balaban J connectivity index is 0.00000112. The van der Waals surface area contributed by atoms with Crippen molar-refractivity contribution >= 4 is 24.8 Å². The van der Waals surface area contributed by atoms with Crippen LogP contribution < -0.4 is 5.32 Å². The van der Waals surface area contributed by atoms with Gasteiger partial charge in [-0.15, -0.1) is 24.8 Å². The molecule has 1 fully saturated rings. The predicted octanol–water partition coefficient (Wildman–Crippen LogP) is 3.05. The molecule has 0 unspecified atom stereocenters. The van der Waals surface area contributed by atoms with Gasteiger partial charge in [0, 0.05) is 11.7 Å². The first-order valence-corrected chi connectivity index (χ1v) is 5.19. The summed E-state index contributed by atoms with van der Waals surface area (Å²) in [6, 6.07) is 1.93. The first kappa shape index (κ1) is 15.6. The van der Waals surface area contributed by atoms with Crippen molar-refractivity contribution in [1.82, 2.24) is 10.3 Å². The summed E-state index contributed by atoms with van der Waals surface area (Å²) in [4.78, 5) is 4.13. The number of hydrogen-bond acceptors (Lipinski definition) is 2. The molecule has 1 aliphatic rings. The lowest BCUT2D eigenvalue weighted by Crippen LogP contribution is -2.15. The zero-order valence-corrected chi connectivity index (χ0v) is 10.8. The average molecular weight is 267 g/mol. The Morgan fingerprint density at radius 3 is 2.81 bits per heavy atom. The standard InChI is InChI=1S/C11H15FN2.2ClH/c1-2-10-9(6-8(12)7-14-10)11-4-3-5-13-11;;/h6-7,11,13H,2-5H2,1H3;2*1H/t11-;;/m1../s1. The Hall–Kier alpha value is -0.380. The molecule has 0 bridgehead atoms. The smallest absolute Gasteiger partial charge is 0.141 e. The fraction of sp³-hybridized carbons (Fsp3) is 0.545. The molecule has 2 rings (SSSR count). The molecule has 1 atom stereocenters. The van der Waals surface area contributed by atoms with Crippen molar-refractivity contribution in [2.45, 2.75) is 32.2 Å². The van der Waals surface area contributed by atoms with Crippen LogP contribution in [0.4, 0.5) is 4.39 Å². The van der Waals surface area contributed by atoms with Crippen LogP contribution in [0.3, 0.4) is 0 Å². The van der Waals surface area contributed by atoms with E-state index in [0.717, 1.165) is 30.6 Å². The third-order valence-electron chi connectivity index (χ3n) is 2.74. The number of hydrogen-bond donors (Lipinski definition) is 1. The van der Waals surface area contributed by atoms with Crippen LogP contribution in [-0.2, 0) is 6.42 Å². The lowest BCUT2D eigenvalue weighted by atomic mass is 10.0. The summed E-state index contributed by atoms with van der Waals surface area (Å²) in [6.07, 6.45) is 4.44. The largest absolute Gasteiger partial charge is 0.310 e. The summed E-state index contributed by atoms with van der Waals surface area (Å²) in [5.41, 5.74) is 2.07. The van der Waals surface area contributed by atoms with Crippen molar-refractivity contribution < 1.29 is 4.39 Å². The van der Waals surface area contributed by atoms with Crippen molar-refractivity contribution in [2.24, 2.45) is 0 Å². The molecule has 1 aromatic rings. The second kappa shape index (κ2) is 7.05. The fourth-order valence-electron chi connectivity index (χ4n) is 2.03. The molecule has 1 aliphatic heterocycles. The van der Waals surface area contributed by atoms with E-state index in [1.807, 2.05) is 0 Å². The zero-order chi connectivity index (χ0) is 9.97. The number of pyridine rings is 1. The Morgan fingerprint density at radius 2 is 2.25 bits per heavy atom. The summed E-state index contributed by atoms with van der Waals surface area (Å²) in [5.74, 6) is -0.231. The van der Waals surface area contributed by atoms with Crippen LogP contribution in [0.25, 0.3) is 0 Å². The molecule has 0 radical (unpaired) electrons. The number of halogens is 3. The van der Waals surface area contributed by atoms with Crippen LogP contribution in [0, 0.1) is 5.82 Å². The highest BCUT2D eigenvalue weighted by Crippen LogP contribution is 2.25. The molecule has 5 heteroatoms. The molecule has 1 saturated heterocycles. The van der Waals surface area contributed by atoms with E-state index in [9.17, 15) is 4.39 Å². The first-order chi connectivity index (χ1) is 6.81. The van der Waals surface area contributed by atoms with Gasteiger partial charge >= 0.3 is 0 Å². The molecule has 16 heavy (non-hydrogen) atoms. The van der Waals surface area contributed by atoms with Crippen LogP contribution in [0.2, 0.25) is 0 Å². The van der Waals surface area contributed by atoms with Gasteiger partial charge in [-0.05, 0) is 37.4 Å². The molecule has 92 valence electrons. The summed E-state index contributed by atoms with van der Waals surface area (Å²) in [5, 5.41) is 3.37. The number of rotatable bonds is 2. The SMILES string of the molecule is CCc1ncc(F)cc1[C@H]1CCCN1.Cl.Cl.